The minimum Gasteiger partial charge on any atom is -0.368 e. The molecule has 3 atom stereocenters. The Bertz CT molecular complexity index is 1400. The second-order valence-electron chi connectivity index (χ2n) is 11.0. The number of carbonyl (C=O) groups excluding carboxylic acids is 2. The molecule has 39 heavy (non-hydrogen) atoms. The number of sulfonamides is 1. The van der Waals surface area contributed by atoms with Gasteiger partial charge in [-0.1, -0.05) is 99.2 Å². The predicted molar refractivity (Wildman–Crippen MR) is 157 cm³/mol. The summed E-state index contributed by atoms with van der Waals surface area (Å²) in [5.41, 5.74) is 5.39. The average molecular weight is 635 g/mol. The summed E-state index contributed by atoms with van der Waals surface area (Å²) >= 11 is 25.2. The van der Waals surface area contributed by atoms with E-state index in [-0.39, 0.29) is 36.5 Å². The van der Waals surface area contributed by atoms with Crippen LogP contribution in [-0.4, -0.2) is 36.6 Å². The number of nitrogens with zero attached hydrogens (tertiary/aromatic N) is 1. The summed E-state index contributed by atoms with van der Waals surface area (Å²) in [6, 6.07) is 6.13. The quantitative estimate of drug-likeness (QED) is 0.350. The molecule has 0 saturated heterocycles. The Morgan fingerprint density at radius 3 is 2.08 bits per heavy atom. The summed E-state index contributed by atoms with van der Waals surface area (Å²) in [7, 11) is -4.41. The van der Waals surface area contributed by atoms with Crippen molar-refractivity contribution >= 4 is 68.2 Å². The van der Waals surface area contributed by atoms with Gasteiger partial charge in [-0.3, -0.25) is 9.59 Å². The van der Waals surface area contributed by atoms with Crippen molar-refractivity contribution in [1.29, 1.82) is 0 Å². The number of benzene rings is 2. The van der Waals surface area contributed by atoms with E-state index in [0.29, 0.717) is 12.0 Å². The van der Waals surface area contributed by atoms with E-state index < -0.39 is 45.4 Å². The highest BCUT2D eigenvalue weighted by atomic mass is 35.5. The summed E-state index contributed by atoms with van der Waals surface area (Å²) in [5.74, 6) is -1.26. The molecule has 0 fully saturated rings. The van der Waals surface area contributed by atoms with Gasteiger partial charge in [0.2, 0.25) is 21.8 Å². The highest BCUT2D eigenvalue weighted by Crippen LogP contribution is 2.48. The molecule has 2 aromatic carbocycles. The van der Waals surface area contributed by atoms with Gasteiger partial charge in [0.1, 0.15) is 10.9 Å². The van der Waals surface area contributed by atoms with E-state index in [4.69, 9.17) is 52.1 Å². The van der Waals surface area contributed by atoms with Crippen LogP contribution < -0.4 is 11.1 Å². The first-order valence-corrected chi connectivity index (χ1v) is 15.2. The number of nitrogens with one attached hydrogen (secondary N) is 1. The molecule has 0 saturated carbocycles. The minimum absolute atomic E-state index is 0.0628. The second kappa shape index (κ2) is 12.0. The van der Waals surface area contributed by atoms with Crippen LogP contribution in [0.1, 0.15) is 52.6 Å². The highest BCUT2D eigenvalue weighted by molar-refractivity contribution is 7.89. The molecule has 0 bridgehead atoms. The minimum atomic E-state index is -4.41. The number of rotatable bonds is 8. The molecule has 0 aromatic heterocycles. The summed E-state index contributed by atoms with van der Waals surface area (Å²) in [5, 5.41) is 3.02. The number of nitrogens with two attached hydrogens (primary N) is 1. The maximum absolute atomic E-state index is 14.4. The fourth-order valence-corrected chi connectivity index (χ4v) is 7.87. The van der Waals surface area contributed by atoms with Gasteiger partial charge in [0, 0.05) is 11.6 Å². The van der Waals surface area contributed by atoms with Crippen molar-refractivity contribution in [3.8, 4) is 0 Å². The number of hydrogen-bond acceptors (Lipinski definition) is 4. The fourth-order valence-electron chi connectivity index (χ4n) is 4.55. The van der Waals surface area contributed by atoms with Gasteiger partial charge in [-0.05, 0) is 47.6 Å². The molecule has 212 valence electrons. The number of carbonyl (C=O) groups is 2. The van der Waals surface area contributed by atoms with Crippen LogP contribution in [0.2, 0.25) is 20.1 Å². The SMILES string of the molecule is CC(C)C[C@H](NC(=O)C1=CC(C(C)(C)C)N(S(=O)(=O)c2c(Cl)cccc2Cl)C1c1ccc(Cl)c(Cl)c1)C(N)=O. The van der Waals surface area contributed by atoms with Crippen molar-refractivity contribution in [3.05, 3.63) is 73.7 Å². The van der Waals surface area contributed by atoms with Gasteiger partial charge >= 0.3 is 0 Å². The van der Waals surface area contributed by atoms with Crippen molar-refractivity contribution in [1.82, 2.24) is 9.62 Å². The summed E-state index contributed by atoms with van der Waals surface area (Å²) in [4.78, 5) is 25.6. The molecular weight excluding hydrogens is 604 g/mol. The van der Waals surface area contributed by atoms with Crippen LogP contribution in [0.25, 0.3) is 0 Å². The van der Waals surface area contributed by atoms with E-state index in [1.54, 1.807) is 18.2 Å². The molecule has 2 amide bonds. The predicted octanol–water partition coefficient (Wildman–Crippen LogP) is 6.40. The standard InChI is InChI=1S/C27H31Cl4N3O4S/c1-14(2)11-21(25(32)35)33-26(36)16-13-22(27(3,4)5)34(23(16)15-9-10-17(28)20(31)12-15)39(37,38)24-18(29)7-6-8-19(24)30/h6-10,12-14,21-23H,11H2,1-5H3,(H2,32,35)(H,33,36)/t21-,22?,23?/m0/s1. The third-order valence-electron chi connectivity index (χ3n) is 6.38. The smallest absolute Gasteiger partial charge is 0.249 e. The van der Waals surface area contributed by atoms with Crippen LogP contribution in [0.5, 0.6) is 0 Å². The van der Waals surface area contributed by atoms with E-state index >= 15 is 0 Å². The molecule has 2 aromatic rings. The normalized spacial score (nSPS) is 19.2. The molecule has 3 N–H and O–H groups in total. The molecule has 3 rings (SSSR count). The summed E-state index contributed by atoms with van der Waals surface area (Å²) in [6.45, 7) is 9.34. The number of amides is 2. The van der Waals surface area contributed by atoms with Crippen LogP contribution in [0.15, 0.2) is 52.9 Å². The Morgan fingerprint density at radius 1 is 1.00 bits per heavy atom. The molecule has 2 unspecified atom stereocenters. The largest absolute Gasteiger partial charge is 0.368 e. The van der Waals surface area contributed by atoms with Crippen molar-refractivity contribution < 1.29 is 18.0 Å². The number of primary amides is 1. The van der Waals surface area contributed by atoms with E-state index in [2.05, 4.69) is 5.32 Å². The van der Waals surface area contributed by atoms with Crippen molar-refractivity contribution in [2.45, 2.75) is 64.1 Å². The molecule has 0 spiro atoms. The number of halogens is 4. The van der Waals surface area contributed by atoms with E-state index in [0.717, 1.165) is 0 Å². The van der Waals surface area contributed by atoms with Gasteiger partial charge in [-0.2, -0.15) is 4.31 Å². The van der Waals surface area contributed by atoms with Gasteiger partial charge in [-0.25, -0.2) is 8.42 Å². The third kappa shape index (κ3) is 6.75. The lowest BCUT2D eigenvalue weighted by atomic mass is 9.87. The van der Waals surface area contributed by atoms with E-state index in [1.807, 2.05) is 34.6 Å². The van der Waals surface area contributed by atoms with Gasteiger partial charge in [-0.15, -0.1) is 0 Å². The lowest BCUT2D eigenvalue weighted by Crippen LogP contribution is -2.47. The van der Waals surface area contributed by atoms with E-state index in [1.165, 1.54) is 28.6 Å². The maximum Gasteiger partial charge on any atom is 0.249 e. The van der Waals surface area contributed by atoms with Crippen molar-refractivity contribution in [2.24, 2.45) is 17.1 Å². The van der Waals surface area contributed by atoms with Gasteiger partial charge < -0.3 is 11.1 Å². The van der Waals surface area contributed by atoms with Crippen LogP contribution in [0.3, 0.4) is 0 Å². The summed E-state index contributed by atoms with van der Waals surface area (Å²) < 4.78 is 30.0. The lowest BCUT2D eigenvalue weighted by molar-refractivity contribution is -0.126. The third-order valence-corrected chi connectivity index (χ3v) is 9.92. The van der Waals surface area contributed by atoms with Crippen LogP contribution in [0, 0.1) is 11.3 Å². The van der Waals surface area contributed by atoms with Crippen LogP contribution >= 0.6 is 46.4 Å². The van der Waals surface area contributed by atoms with Crippen LogP contribution in [0.4, 0.5) is 0 Å². The molecule has 7 nitrogen and oxygen atoms in total. The zero-order valence-electron chi connectivity index (χ0n) is 22.1. The molecule has 12 heteroatoms. The van der Waals surface area contributed by atoms with Crippen molar-refractivity contribution in [2.75, 3.05) is 0 Å². The topological polar surface area (TPSA) is 110 Å². The average Bonchev–Trinajstić information content (AvgIpc) is 3.22. The maximum atomic E-state index is 14.4. The van der Waals surface area contributed by atoms with E-state index in [9.17, 15) is 18.0 Å². The first kappa shape index (κ1) is 31.7. The lowest BCUT2D eigenvalue weighted by Gasteiger charge is -2.37. The van der Waals surface area contributed by atoms with Gasteiger partial charge in [0.05, 0.1) is 26.1 Å². The summed E-state index contributed by atoms with van der Waals surface area (Å²) in [6.07, 6.45) is 1.91. The second-order valence-corrected chi connectivity index (χ2v) is 14.4. The van der Waals surface area contributed by atoms with Crippen LogP contribution in [-0.2, 0) is 19.6 Å². The molecule has 1 heterocycles. The van der Waals surface area contributed by atoms with Crippen molar-refractivity contribution in [3.63, 3.8) is 0 Å². The molecule has 0 radical (unpaired) electrons. The highest BCUT2D eigenvalue weighted by Gasteiger charge is 2.50. The Morgan fingerprint density at radius 2 is 1.59 bits per heavy atom. The molecular formula is C27H31Cl4N3O4S. The zero-order chi connectivity index (χ0) is 29.4. The monoisotopic (exact) mass is 633 g/mol. The molecule has 0 aliphatic carbocycles. The number of hydrogen-bond donors (Lipinski definition) is 2. The Kier molecular flexibility index (Phi) is 9.73. The van der Waals surface area contributed by atoms with Gasteiger partial charge in [0.15, 0.2) is 0 Å². The fraction of sp³-hybridized carbons (Fsp3) is 0.407. The van der Waals surface area contributed by atoms with Gasteiger partial charge in [0.25, 0.3) is 0 Å². The first-order valence-electron chi connectivity index (χ1n) is 12.2. The Balaban J connectivity index is 2.27. The molecule has 1 aliphatic heterocycles. The Labute approximate surface area is 249 Å². The molecule has 1 aliphatic rings. The Hall–Kier alpha value is -1.81. The zero-order valence-corrected chi connectivity index (χ0v) is 26.0. The first-order chi connectivity index (χ1) is 18.0.